The van der Waals surface area contributed by atoms with Gasteiger partial charge in [-0.3, -0.25) is 0 Å². The lowest BCUT2D eigenvalue weighted by atomic mass is 10.1. The minimum atomic E-state index is -0.146. The van der Waals surface area contributed by atoms with Crippen molar-refractivity contribution in [2.24, 2.45) is 0 Å². The number of aryl methyl sites for hydroxylation is 2. The molecule has 0 amide bonds. The molecule has 2 aromatic carbocycles. The Morgan fingerprint density at radius 2 is 1.68 bits per heavy atom. The summed E-state index contributed by atoms with van der Waals surface area (Å²) in [7, 11) is 0. The molecule has 2 rings (SSSR count). The topological polar surface area (TPSA) is 12.0 Å². The zero-order valence-electron chi connectivity index (χ0n) is 11.5. The van der Waals surface area contributed by atoms with E-state index in [4.69, 9.17) is 0 Å². The Morgan fingerprint density at radius 1 is 1.00 bits per heavy atom. The van der Waals surface area contributed by atoms with E-state index in [-0.39, 0.29) is 5.82 Å². The molecular formula is C17H20FN. The van der Waals surface area contributed by atoms with Crippen LogP contribution in [-0.2, 0) is 13.0 Å². The Bertz CT molecular complexity index is 531. The van der Waals surface area contributed by atoms with Crippen LogP contribution in [0.1, 0.15) is 30.0 Å². The average molecular weight is 257 g/mol. The van der Waals surface area contributed by atoms with Gasteiger partial charge >= 0.3 is 0 Å². The summed E-state index contributed by atoms with van der Waals surface area (Å²) in [6, 6.07) is 13.7. The first-order valence-electron chi connectivity index (χ1n) is 6.77. The van der Waals surface area contributed by atoms with E-state index < -0.39 is 0 Å². The summed E-state index contributed by atoms with van der Waals surface area (Å²) >= 11 is 0. The molecule has 0 aliphatic rings. The molecule has 2 heteroatoms. The molecule has 1 N–H and O–H groups in total. The van der Waals surface area contributed by atoms with Crippen molar-refractivity contribution in [1.82, 2.24) is 0 Å². The monoisotopic (exact) mass is 257 g/mol. The van der Waals surface area contributed by atoms with Crippen LogP contribution in [0.4, 0.5) is 10.1 Å². The summed E-state index contributed by atoms with van der Waals surface area (Å²) in [6.07, 6.45) is 2.29. The molecule has 0 aliphatic heterocycles. The summed E-state index contributed by atoms with van der Waals surface area (Å²) in [6.45, 7) is 4.69. The molecule has 0 saturated carbocycles. The summed E-state index contributed by atoms with van der Waals surface area (Å²) in [5.41, 5.74) is 4.25. The fraction of sp³-hybridized carbons (Fsp3) is 0.294. The Morgan fingerprint density at radius 3 is 2.32 bits per heavy atom. The Hall–Kier alpha value is -1.83. The van der Waals surface area contributed by atoms with Crippen molar-refractivity contribution in [3.05, 3.63) is 65.0 Å². The first-order valence-corrected chi connectivity index (χ1v) is 6.77. The van der Waals surface area contributed by atoms with Gasteiger partial charge in [0.2, 0.25) is 0 Å². The van der Waals surface area contributed by atoms with Crippen LogP contribution < -0.4 is 5.32 Å². The predicted octanol–water partition coefficient (Wildman–Crippen LogP) is 4.70. The van der Waals surface area contributed by atoms with Crippen LogP contribution in [0, 0.1) is 12.7 Å². The second-order valence-corrected chi connectivity index (χ2v) is 4.88. The fourth-order valence-electron chi connectivity index (χ4n) is 2.10. The zero-order chi connectivity index (χ0) is 13.7. The molecule has 100 valence electrons. The molecule has 0 spiro atoms. The van der Waals surface area contributed by atoms with Crippen molar-refractivity contribution in [2.45, 2.75) is 33.2 Å². The highest BCUT2D eigenvalue weighted by Crippen LogP contribution is 2.14. The number of anilines is 1. The third-order valence-electron chi connectivity index (χ3n) is 3.21. The van der Waals surface area contributed by atoms with Crippen molar-refractivity contribution in [1.29, 1.82) is 0 Å². The van der Waals surface area contributed by atoms with Crippen LogP contribution in [0.3, 0.4) is 0 Å². The molecule has 1 nitrogen and oxygen atoms in total. The molecule has 0 atom stereocenters. The Balaban J connectivity index is 1.96. The fourth-order valence-corrected chi connectivity index (χ4v) is 2.10. The SMILES string of the molecule is CCCc1ccc(NCc2ccc(F)c(C)c2)cc1. The van der Waals surface area contributed by atoms with Gasteiger partial charge < -0.3 is 5.32 Å². The Labute approximate surface area is 114 Å². The molecule has 0 fully saturated rings. The molecule has 0 unspecified atom stereocenters. The number of rotatable bonds is 5. The van der Waals surface area contributed by atoms with Gasteiger partial charge in [0.05, 0.1) is 0 Å². The average Bonchev–Trinajstić information content (AvgIpc) is 2.42. The zero-order valence-corrected chi connectivity index (χ0v) is 11.5. The van der Waals surface area contributed by atoms with Crippen LogP contribution >= 0.6 is 0 Å². The summed E-state index contributed by atoms with van der Waals surface area (Å²) in [4.78, 5) is 0. The highest BCUT2D eigenvalue weighted by atomic mass is 19.1. The van der Waals surface area contributed by atoms with E-state index in [1.807, 2.05) is 12.1 Å². The maximum atomic E-state index is 13.2. The summed E-state index contributed by atoms with van der Waals surface area (Å²) in [5, 5.41) is 3.35. The third kappa shape index (κ3) is 3.82. The molecule has 0 radical (unpaired) electrons. The lowest BCUT2D eigenvalue weighted by Crippen LogP contribution is -2.00. The van der Waals surface area contributed by atoms with Gasteiger partial charge in [-0.1, -0.05) is 37.6 Å². The van der Waals surface area contributed by atoms with Crippen LogP contribution in [-0.4, -0.2) is 0 Å². The molecule has 0 aliphatic carbocycles. The van der Waals surface area contributed by atoms with Crippen LogP contribution in [0.25, 0.3) is 0 Å². The number of benzene rings is 2. The van der Waals surface area contributed by atoms with Crippen LogP contribution in [0.5, 0.6) is 0 Å². The quantitative estimate of drug-likeness (QED) is 0.818. The number of nitrogens with one attached hydrogen (secondary N) is 1. The number of hydrogen-bond donors (Lipinski definition) is 1. The van der Waals surface area contributed by atoms with E-state index in [9.17, 15) is 4.39 Å². The number of hydrogen-bond acceptors (Lipinski definition) is 1. The first-order chi connectivity index (χ1) is 9.19. The molecule has 0 heterocycles. The maximum absolute atomic E-state index is 13.2. The molecule has 0 saturated heterocycles. The van der Waals surface area contributed by atoms with Gasteiger partial charge in [0.15, 0.2) is 0 Å². The highest BCUT2D eigenvalue weighted by molar-refractivity contribution is 5.45. The van der Waals surface area contributed by atoms with Gasteiger partial charge in [0, 0.05) is 12.2 Å². The third-order valence-corrected chi connectivity index (χ3v) is 3.21. The molecule has 19 heavy (non-hydrogen) atoms. The van der Waals surface area contributed by atoms with E-state index in [0.29, 0.717) is 12.1 Å². The summed E-state index contributed by atoms with van der Waals surface area (Å²) in [5.74, 6) is -0.146. The van der Waals surface area contributed by atoms with E-state index in [1.54, 1.807) is 6.92 Å². The molecule has 0 bridgehead atoms. The standard InChI is InChI=1S/C17H20FN/c1-3-4-14-5-8-16(9-6-14)19-12-15-7-10-17(18)13(2)11-15/h5-11,19H,3-4,12H2,1-2H3. The smallest absolute Gasteiger partial charge is 0.126 e. The normalized spacial score (nSPS) is 10.5. The Kier molecular flexibility index (Phi) is 4.56. The van der Waals surface area contributed by atoms with E-state index in [2.05, 4.69) is 36.5 Å². The van der Waals surface area contributed by atoms with E-state index >= 15 is 0 Å². The van der Waals surface area contributed by atoms with Gasteiger partial charge in [-0.05, 0) is 48.2 Å². The van der Waals surface area contributed by atoms with E-state index in [0.717, 1.165) is 17.7 Å². The second kappa shape index (κ2) is 6.37. The first kappa shape index (κ1) is 13.6. The molecule has 0 aromatic heterocycles. The van der Waals surface area contributed by atoms with Gasteiger partial charge in [-0.2, -0.15) is 0 Å². The van der Waals surface area contributed by atoms with Gasteiger partial charge in [0.25, 0.3) is 0 Å². The van der Waals surface area contributed by atoms with Crippen molar-refractivity contribution < 1.29 is 4.39 Å². The van der Waals surface area contributed by atoms with Crippen molar-refractivity contribution in [3.63, 3.8) is 0 Å². The van der Waals surface area contributed by atoms with E-state index in [1.165, 1.54) is 18.1 Å². The second-order valence-electron chi connectivity index (χ2n) is 4.88. The minimum absolute atomic E-state index is 0.146. The lowest BCUT2D eigenvalue weighted by Gasteiger charge is -2.08. The summed E-state index contributed by atoms with van der Waals surface area (Å²) < 4.78 is 13.2. The van der Waals surface area contributed by atoms with Crippen LogP contribution in [0.2, 0.25) is 0 Å². The van der Waals surface area contributed by atoms with Gasteiger partial charge in [-0.25, -0.2) is 4.39 Å². The van der Waals surface area contributed by atoms with Gasteiger partial charge in [-0.15, -0.1) is 0 Å². The van der Waals surface area contributed by atoms with Crippen molar-refractivity contribution in [3.8, 4) is 0 Å². The van der Waals surface area contributed by atoms with Gasteiger partial charge in [0.1, 0.15) is 5.82 Å². The van der Waals surface area contributed by atoms with Crippen molar-refractivity contribution in [2.75, 3.05) is 5.32 Å². The lowest BCUT2D eigenvalue weighted by molar-refractivity contribution is 0.617. The largest absolute Gasteiger partial charge is 0.381 e. The minimum Gasteiger partial charge on any atom is -0.381 e. The number of halogens is 1. The van der Waals surface area contributed by atoms with Crippen LogP contribution in [0.15, 0.2) is 42.5 Å². The van der Waals surface area contributed by atoms with Crippen molar-refractivity contribution >= 4 is 5.69 Å². The molecular weight excluding hydrogens is 237 g/mol. The highest BCUT2D eigenvalue weighted by Gasteiger charge is 1.99. The maximum Gasteiger partial charge on any atom is 0.126 e. The predicted molar refractivity (Wildman–Crippen MR) is 78.9 cm³/mol. The molecule has 2 aromatic rings.